The first-order chi connectivity index (χ1) is 9.85. The molecule has 0 N–H and O–H groups in total. The van der Waals surface area contributed by atoms with Crippen molar-refractivity contribution in [2.75, 3.05) is 26.3 Å². The van der Waals surface area contributed by atoms with Gasteiger partial charge in [0.25, 0.3) is 0 Å². The van der Waals surface area contributed by atoms with Crippen LogP contribution < -0.4 is 0 Å². The Balaban J connectivity index is 1.68. The summed E-state index contributed by atoms with van der Waals surface area (Å²) < 4.78 is 5.35. The van der Waals surface area contributed by atoms with Gasteiger partial charge in [0.05, 0.1) is 13.2 Å². The fraction of sp³-hybridized carbons (Fsp3) is 0.333. The molecule has 0 amide bonds. The molecule has 0 radical (unpaired) electrons. The molecule has 0 atom stereocenters. The second kappa shape index (κ2) is 6.26. The summed E-state index contributed by atoms with van der Waals surface area (Å²) in [5.41, 5.74) is 2.86. The standard InChI is InChI=1S/C15H16N2O2S/c18-10-14-11-20-15(16-14)13-3-1-12(2-4-13)9-17-5-7-19-8-6-17/h1-4,10-11H,5-9H2. The van der Waals surface area contributed by atoms with E-state index in [1.54, 1.807) is 5.38 Å². The second-order valence-corrected chi connectivity index (χ2v) is 5.64. The van der Waals surface area contributed by atoms with Gasteiger partial charge in [0.1, 0.15) is 10.7 Å². The fourth-order valence-corrected chi connectivity index (χ4v) is 3.01. The van der Waals surface area contributed by atoms with Crippen molar-refractivity contribution in [3.8, 4) is 10.6 Å². The van der Waals surface area contributed by atoms with Gasteiger partial charge in [0.15, 0.2) is 6.29 Å². The molecule has 1 aliphatic rings. The van der Waals surface area contributed by atoms with Gasteiger partial charge in [-0.05, 0) is 5.56 Å². The third-order valence-corrected chi connectivity index (χ3v) is 4.26. The van der Waals surface area contributed by atoms with Crippen LogP contribution in [0.25, 0.3) is 10.6 Å². The van der Waals surface area contributed by atoms with Crippen LogP contribution in [0.5, 0.6) is 0 Å². The minimum absolute atomic E-state index is 0.502. The number of hydrogen-bond acceptors (Lipinski definition) is 5. The van der Waals surface area contributed by atoms with Crippen LogP contribution in [0.4, 0.5) is 0 Å². The van der Waals surface area contributed by atoms with Gasteiger partial charge in [-0.25, -0.2) is 4.98 Å². The van der Waals surface area contributed by atoms with E-state index >= 15 is 0 Å². The van der Waals surface area contributed by atoms with E-state index in [0.717, 1.165) is 49.7 Å². The highest BCUT2D eigenvalue weighted by atomic mass is 32.1. The Labute approximate surface area is 122 Å². The lowest BCUT2D eigenvalue weighted by Gasteiger charge is -2.26. The minimum Gasteiger partial charge on any atom is -0.379 e. The summed E-state index contributed by atoms with van der Waals surface area (Å²) in [6.07, 6.45) is 0.785. The maximum Gasteiger partial charge on any atom is 0.169 e. The van der Waals surface area contributed by atoms with E-state index in [1.165, 1.54) is 16.9 Å². The molecule has 5 heteroatoms. The number of aromatic nitrogens is 1. The molecular formula is C15H16N2O2S. The summed E-state index contributed by atoms with van der Waals surface area (Å²) >= 11 is 1.50. The smallest absolute Gasteiger partial charge is 0.169 e. The molecule has 1 fully saturated rings. The Bertz CT molecular complexity index is 574. The number of carbonyl (C=O) groups is 1. The predicted octanol–water partition coefficient (Wildman–Crippen LogP) is 2.45. The molecule has 1 aromatic carbocycles. The van der Waals surface area contributed by atoms with Crippen molar-refractivity contribution < 1.29 is 9.53 Å². The first-order valence-electron chi connectivity index (χ1n) is 6.65. The maximum atomic E-state index is 10.7. The summed E-state index contributed by atoms with van der Waals surface area (Å²) in [6.45, 7) is 4.60. The SMILES string of the molecule is O=Cc1csc(-c2ccc(CN3CCOCC3)cc2)n1. The van der Waals surface area contributed by atoms with Crippen molar-refractivity contribution in [1.82, 2.24) is 9.88 Å². The summed E-state index contributed by atoms with van der Waals surface area (Å²) in [5, 5.41) is 2.68. The molecule has 2 heterocycles. The number of ether oxygens (including phenoxy) is 1. The van der Waals surface area contributed by atoms with Gasteiger partial charge in [-0.3, -0.25) is 9.69 Å². The molecular weight excluding hydrogens is 272 g/mol. The van der Waals surface area contributed by atoms with Gasteiger partial charge in [-0.1, -0.05) is 24.3 Å². The summed E-state index contributed by atoms with van der Waals surface area (Å²) in [7, 11) is 0. The van der Waals surface area contributed by atoms with E-state index in [9.17, 15) is 4.79 Å². The fourth-order valence-electron chi connectivity index (χ4n) is 2.24. The van der Waals surface area contributed by atoms with Crippen molar-refractivity contribution in [2.24, 2.45) is 0 Å². The molecule has 0 spiro atoms. The van der Waals surface area contributed by atoms with Gasteiger partial charge in [0.2, 0.25) is 0 Å². The van der Waals surface area contributed by atoms with E-state index in [1.807, 2.05) is 0 Å². The van der Waals surface area contributed by atoms with E-state index in [4.69, 9.17) is 4.74 Å². The molecule has 2 aromatic rings. The van der Waals surface area contributed by atoms with Gasteiger partial charge >= 0.3 is 0 Å². The van der Waals surface area contributed by atoms with Crippen molar-refractivity contribution in [2.45, 2.75) is 6.54 Å². The number of nitrogens with zero attached hydrogens (tertiary/aromatic N) is 2. The largest absolute Gasteiger partial charge is 0.379 e. The van der Waals surface area contributed by atoms with Gasteiger partial charge in [-0.2, -0.15) is 0 Å². The number of morpholine rings is 1. The van der Waals surface area contributed by atoms with E-state index in [-0.39, 0.29) is 0 Å². The molecule has 4 nitrogen and oxygen atoms in total. The Hall–Kier alpha value is -1.56. The van der Waals surface area contributed by atoms with Gasteiger partial charge in [0, 0.05) is 30.6 Å². The predicted molar refractivity (Wildman–Crippen MR) is 79.0 cm³/mol. The molecule has 3 rings (SSSR count). The van der Waals surface area contributed by atoms with Crippen molar-refractivity contribution in [3.05, 3.63) is 40.9 Å². The average Bonchev–Trinajstić information content (AvgIpc) is 2.98. The van der Waals surface area contributed by atoms with E-state index in [0.29, 0.717) is 5.69 Å². The highest BCUT2D eigenvalue weighted by molar-refractivity contribution is 7.13. The lowest BCUT2D eigenvalue weighted by atomic mass is 10.1. The number of rotatable bonds is 4. The first-order valence-corrected chi connectivity index (χ1v) is 7.53. The van der Waals surface area contributed by atoms with E-state index in [2.05, 4.69) is 34.1 Å². The van der Waals surface area contributed by atoms with Crippen LogP contribution in [0.15, 0.2) is 29.6 Å². The number of carbonyl (C=O) groups excluding carboxylic acids is 1. The van der Waals surface area contributed by atoms with E-state index < -0.39 is 0 Å². The number of aldehydes is 1. The zero-order valence-corrected chi connectivity index (χ0v) is 11.9. The van der Waals surface area contributed by atoms with Crippen molar-refractivity contribution in [1.29, 1.82) is 0 Å². The highest BCUT2D eigenvalue weighted by Crippen LogP contribution is 2.23. The topological polar surface area (TPSA) is 42.4 Å². The lowest BCUT2D eigenvalue weighted by molar-refractivity contribution is 0.0342. The lowest BCUT2D eigenvalue weighted by Crippen LogP contribution is -2.35. The molecule has 1 saturated heterocycles. The Morgan fingerprint density at radius 1 is 1.25 bits per heavy atom. The average molecular weight is 288 g/mol. The second-order valence-electron chi connectivity index (χ2n) is 4.78. The van der Waals surface area contributed by atoms with Crippen LogP contribution in [0, 0.1) is 0 Å². The molecule has 0 saturated carbocycles. The van der Waals surface area contributed by atoms with Gasteiger partial charge < -0.3 is 4.74 Å². The third kappa shape index (κ3) is 3.12. The molecule has 20 heavy (non-hydrogen) atoms. The Kier molecular flexibility index (Phi) is 4.20. The van der Waals surface area contributed by atoms with Gasteiger partial charge in [-0.15, -0.1) is 11.3 Å². The van der Waals surface area contributed by atoms with Crippen molar-refractivity contribution in [3.63, 3.8) is 0 Å². The minimum atomic E-state index is 0.502. The summed E-state index contributed by atoms with van der Waals surface area (Å²) in [6, 6.07) is 8.41. The van der Waals surface area contributed by atoms with Crippen LogP contribution in [-0.2, 0) is 11.3 Å². The first kappa shape index (κ1) is 13.4. The Morgan fingerprint density at radius 3 is 2.65 bits per heavy atom. The molecule has 1 aliphatic heterocycles. The molecule has 0 aliphatic carbocycles. The quantitative estimate of drug-likeness (QED) is 0.811. The molecule has 0 unspecified atom stereocenters. The van der Waals surface area contributed by atoms with Crippen LogP contribution in [0.2, 0.25) is 0 Å². The Morgan fingerprint density at radius 2 is 2.00 bits per heavy atom. The summed E-state index contributed by atoms with van der Waals surface area (Å²) in [4.78, 5) is 17.3. The zero-order valence-electron chi connectivity index (χ0n) is 11.1. The van der Waals surface area contributed by atoms with Crippen LogP contribution >= 0.6 is 11.3 Å². The number of benzene rings is 1. The van der Waals surface area contributed by atoms with Crippen LogP contribution in [0.1, 0.15) is 16.1 Å². The van der Waals surface area contributed by atoms with Crippen molar-refractivity contribution >= 4 is 17.6 Å². The maximum absolute atomic E-state index is 10.7. The summed E-state index contributed by atoms with van der Waals surface area (Å²) in [5.74, 6) is 0. The van der Waals surface area contributed by atoms with Crippen LogP contribution in [-0.4, -0.2) is 42.5 Å². The highest BCUT2D eigenvalue weighted by Gasteiger charge is 2.11. The number of thiazole rings is 1. The molecule has 0 bridgehead atoms. The number of hydrogen-bond donors (Lipinski definition) is 0. The molecule has 1 aromatic heterocycles. The van der Waals surface area contributed by atoms with Crippen LogP contribution in [0.3, 0.4) is 0 Å². The normalized spacial score (nSPS) is 16.2. The monoisotopic (exact) mass is 288 g/mol. The molecule has 104 valence electrons. The third-order valence-electron chi connectivity index (χ3n) is 3.35. The zero-order chi connectivity index (χ0) is 13.8.